The third-order valence-corrected chi connectivity index (χ3v) is 3.18. The lowest BCUT2D eigenvalue weighted by Crippen LogP contribution is -2.38. The summed E-state index contributed by atoms with van der Waals surface area (Å²) in [6, 6.07) is 2.05. The number of rotatable bonds is 1. The Morgan fingerprint density at radius 2 is 2.31 bits per heavy atom. The van der Waals surface area contributed by atoms with Gasteiger partial charge in [-0.15, -0.1) is 0 Å². The average Bonchev–Trinajstić information content (AvgIpc) is 2.71. The molecule has 1 saturated heterocycles. The number of carbonyl (C=O) groups is 1. The molecule has 1 saturated carbocycles. The van der Waals surface area contributed by atoms with Gasteiger partial charge in [-0.2, -0.15) is 5.26 Å². The number of amides is 1. The zero-order chi connectivity index (χ0) is 9.47. The first-order valence-electron chi connectivity index (χ1n) is 4.88. The molecule has 0 radical (unpaired) electrons. The first kappa shape index (κ1) is 8.55. The quantitative estimate of drug-likeness (QED) is 0.607. The van der Waals surface area contributed by atoms with Crippen molar-refractivity contribution in [2.24, 2.45) is 5.41 Å². The van der Waals surface area contributed by atoms with E-state index in [9.17, 15) is 4.79 Å². The molecule has 2 aliphatic rings. The second-order valence-electron chi connectivity index (χ2n) is 4.35. The zero-order valence-electron chi connectivity index (χ0n) is 7.92. The van der Waals surface area contributed by atoms with E-state index in [4.69, 9.17) is 5.26 Å². The van der Waals surface area contributed by atoms with Gasteiger partial charge in [0.05, 0.1) is 6.07 Å². The van der Waals surface area contributed by atoms with E-state index in [-0.39, 0.29) is 17.4 Å². The van der Waals surface area contributed by atoms with Gasteiger partial charge in [-0.3, -0.25) is 4.79 Å². The Morgan fingerprint density at radius 1 is 1.62 bits per heavy atom. The molecule has 0 aromatic rings. The largest absolute Gasteiger partial charge is 0.326 e. The van der Waals surface area contributed by atoms with Crippen LogP contribution in [0.4, 0.5) is 0 Å². The Kier molecular flexibility index (Phi) is 1.80. The van der Waals surface area contributed by atoms with Crippen LogP contribution in [0.15, 0.2) is 0 Å². The van der Waals surface area contributed by atoms with Crippen LogP contribution in [0.25, 0.3) is 0 Å². The maximum Gasteiger partial charge on any atom is 0.229 e. The Bertz CT molecular complexity index is 275. The van der Waals surface area contributed by atoms with E-state index in [2.05, 4.69) is 6.07 Å². The molecule has 0 aromatic carbocycles. The van der Waals surface area contributed by atoms with Gasteiger partial charge in [0, 0.05) is 12.0 Å². The second-order valence-corrected chi connectivity index (χ2v) is 4.35. The molecule has 1 heterocycles. The van der Waals surface area contributed by atoms with Crippen LogP contribution in [0.3, 0.4) is 0 Å². The predicted molar refractivity (Wildman–Crippen MR) is 47.7 cm³/mol. The lowest BCUT2D eigenvalue weighted by Gasteiger charge is -2.22. The van der Waals surface area contributed by atoms with Crippen LogP contribution in [0.2, 0.25) is 0 Å². The summed E-state index contributed by atoms with van der Waals surface area (Å²) in [4.78, 5) is 13.6. The van der Waals surface area contributed by atoms with Crippen molar-refractivity contribution in [2.75, 3.05) is 6.54 Å². The normalized spacial score (nSPS) is 29.8. The van der Waals surface area contributed by atoms with Gasteiger partial charge >= 0.3 is 0 Å². The number of carbonyl (C=O) groups excluding carboxylic acids is 1. The minimum Gasteiger partial charge on any atom is -0.326 e. The van der Waals surface area contributed by atoms with Crippen molar-refractivity contribution in [1.29, 1.82) is 5.26 Å². The highest BCUT2D eigenvalue weighted by molar-refractivity contribution is 5.85. The standard InChI is InChI=1S/C10H14N2O/c1-10(4-5-10)9(13)12-6-2-3-8(12)7-11/h8H,2-6H2,1H3. The first-order valence-corrected chi connectivity index (χ1v) is 4.88. The molecule has 1 aliphatic carbocycles. The summed E-state index contributed by atoms with van der Waals surface area (Å²) in [7, 11) is 0. The third-order valence-electron chi connectivity index (χ3n) is 3.18. The summed E-state index contributed by atoms with van der Waals surface area (Å²) >= 11 is 0. The Labute approximate surface area is 78.3 Å². The highest BCUT2D eigenvalue weighted by Crippen LogP contribution is 2.47. The van der Waals surface area contributed by atoms with Crippen LogP contribution in [0.5, 0.6) is 0 Å². The van der Waals surface area contributed by atoms with E-state index < -0.39 is 0 Å². The number of nitrogens with zero attached hydrogens (tertiary/aromatic N) is 2. The van der Waals surface area contributed by atoms with Gasteiger partial charge in [-0.05, 0) is 25.7 Å². The van der Waals surface area contributed by atoms with Crippen LogP contribution < -0.4 is 0 Å². The van der Waals surface area contributed by atoms with E-state index in [1.54, 1.807) is 4.90 Å². The first-order chi connectivity index (χ1) is 6.17. The summed E-state index contributed by atoms with van der Waals surface area (Å²) in [6.45, 7) is 2.79. The molecule has 0 N–H and O–H groups in total. The summed E-state index contributed by atoms with van der Waals surface area (Å²) in [6.07, 6.45) is 3.85. The van der Waals surface area contributed by atoms with E-state index >= 15 is 0 Å². The smallest absolute Gasteiger partial charge is 0.229 e. The van der Waals surface area contributed by atoms with Gasteiger partial charge in [0.25, 0.3) is 0 Å². The van der Waals surface area contributed by atoms with Gasteiger partial charge in [0.1, 0.15) is 6.04 Å². The number of likely N-dealkylation sites (tertiary alicyclic amines) is 1. The molecular weight excluding hydrogens is 164 g/mol. The van der Waals surface area contributed by atoms with E-state index in [0.29, 0.717) is 0 Å². The molecule has 0 spiro atoms. The molecule has 1 amide bonds. The van der Waals surface area contributed by atoms with Crippen molar-refractivity contribution in [3.63, 3.8) is 0 Å². The van der Waals surface area contributed by atoms with Gasteiger partial charge in [0.2, 0.25) is 5.91 Å². The molecule has 13 heavy (non-hydrogen) atoms. The van der Waals surface area contributed by atoms with Crippen molar-refractivity contribution in [3.05, 3.63) is 0 Å². The van der Waals surface area contributed by atoms with Crippen molar-refractivity contribution >= 4 is 5.91 Å². The molecule has 0 bridgehead atoms. The Hall–Kier alpha value is -1.04. The van der Waals surface area contributed by atoms with Gasteiger partial charge in [-0.25, -0.2) is 0 Å². The van der Waals surface area contributed by atoms with E-state index in [1.807, 2.05) is 6.92 Å². The topological polar surface area (TPSA) is 44.1 Å². The molecule has 3 heteroatoms. The summed E-state index contributed by atoms with van der Waals surface area (Å²) in [5, 5.41) is 8.83. The number of nitriles is 1. The molecule has 1 unspecified atom stereocenters. The molecule has 1 aliphatic heterocycles. The minimum absolute atomic E-state index is 0.112. The highest BCUT2D eigenvalue weighted by Gasteiger charge is 2.49. The molecule has 3 nitrogen and oxygen atoms in total. The van der Waals surface area contributed by atoms with Crippen LogP contribution in [0, 0.1) is 16.7 Å². The Morgan fingerprint density at radius 3 is 2.85 bits per heavy atom. The SMILES string of the molecule is CC1(C(=O)N2CCCC2C#N)CC1. The third kappa shape index (κ3) is 1.31. The average molecular weight is 178 g/mol. The van der Waals surface area contributed by atoms with Crippen LogP contribution >= 0.6 is 0 Å². The number of hydrogen-bond acceptors (Lipinski definition) is 2. The van der Waals surface area contributed by atoms with E-state index in [0.717, 1.165) is 32.2 Å². The van der Waals surface area contributed by atoms with Crippen LogP contribution in [-0.2, 0) is 4.79 Å². The molecular formula is C10H14N2O. The van der Waals surface area contributed by atoms with Gasteiger partial charge in [-0.1, -0.05) is 6.92 Å². The maximum absolute atomic E-state index is 11.9. The maximum atomic E-state index is 11.9. The molecule has 2 rings (SSSR count). The Balaban J connectivity index is 2.08. The van der Waals surface area contributed by atoms with Crippen molar-refractivity contribution in [1.82, 2.24) is 4.90 Å². The summed E-state index contributed by atoms with van der Waals surface area (Å²) < 4.78 is 0. The molecule has 2 fully saturated rings. The van der Waals surface area contributed by atoms with Gasteiger partial charge in [0.15, 0.2) is 0 Å². The fraction of sp³-hybridized carbons (Fsp3) is 0.800. The van der Waals surface area contributed by atoms with Gasteiger partial charge < -0.3 is 4.90 Å². The molecule has 0 aromatic heterocycles. The fourth-order valence-corrected chi connectivity index (χ4v) is 1.89. The number of hydrogen-bond donors (Lipinski definition) is 0. The minimum atomic E-state index is -0.148. The summed E-state index contributed by atoms with van der Waals surface area (Å²) in [5.41, 5.74) is -0.112. The van der Waals surface area contributed by atoms with Crippen molar-refractivity contribution < 1.29 is 4.79 Å². The van der Waals surface area contributed by atoms with Crippen molar-refractivity contribution in [3.8, 4) is 6.07 Å². The zero-order valence-corrected chi connectivity index (χ0v) is 7.92. The van der Waals surface area contributed by atoms with Crippen LogP contribution in [0.1, 0.15) is 32.6 Å². The molecule has 1 atom stereocenters. The van der Waals surface area contributed by atoms with Crippen LogP contribution in [-0.4, -0.2) is 23.4 Å². The summed E-state index contributed by atoms with van der Waals surface area (Å²) in [5.74, 6) is 0.205. The second kappa shape index (κ2) is 2.73. The van der Waals surface area contributed by atoms with Crippen molar-refractivity contribution in [2.45, 2.75) is 38.6 Å². The lowest BCUT2D eigenvalue weighted by atomic mass is 10.1. The highest BCUT2D eigenvalue weighted by atomic mass is 16.2. The molecule has 70 valence electrons. The predicted octanol–water partition coefficient (Wildman–Crippen LogP) is 1.30. The lowest BCUT2D eigenvalue weighted by molar-refractivity contribution is -0.136. The van der Waals surface area contributed by atoms with E-state index in [1.165, 1.54) is 0 Å². The monoisotopic (exact) mass is 178 g/mol. The fourth-order valence-electron chi connectivity index (χ4n) is 1.89.